The van der Waals surface area contributed by atoms with Crippen LogP contribution in [0, 0.1) is 12.7 Å². The van der Waals surface area contributed by atoms with Gasteiger partial charge in [-0.1, -0.05) is 6.07 Å². The Morgan fingerprint density at radius 1 is 1.29 bits per heavy atom. The van der Waals surface area contributed by atoms with Crippen LogP contribution in [-0.2, 0) is 0 Å². The summed E-state index contributed by atoms with van der Waals surface area (Å²) in [4.78, 5) is 8.16. The molecule has 17 heavy (non-hydrogen) atoms. The van der Waals surface area contributed by atoms with Gasteiger partial charge in [-0.2, -0.15) is 0 Å². The molecule has 0 bridgehead atoms. The summed E-state index contributed by atoms with van der Waals surface area (Å²) >= 11 is 0. The summed E-state index contributed by atoms with van der Waals surface area (Å²) in [7, 11) is 0. The van der Waals surface area contributed by atoms with Crippen LogP contribution in [0.1, 0.15) is 24.2 Å². The van der Waals surface area contributed by atoms with Gasteiger partial charge in [0.05, 0.1) is 23.6 Å². The monoisotopic (exact) mass is 231 g/mol. The molecular weight excluding hydrogens is 217 g/mol. The molecule has 1 atom stereocenters. The minimum atomic E-state index is -0.249. The Hall–Kier alpha value is -1.97. The number of rotatable bonds is 3. The molecule has 0 saturated carbocycles. The summed E-state index contributed by atoms with van der Waals surface area (Å²) in [5.74, 6) is -0.249. The number of aromatic nitrogens is 2. The highest BCUT2D eigenvalue weighted by Crippen LogP contribution is 2.20. The number of nitrogens with zero attached hydrogens (tertiary/aromatic N) is 2. The van der Waals surface area contributed by atoms with Crippen LogP contribution >= 0.6 is 0 Å². The van der Waals surface area contributed by atoms with E-state index in [0.717, 1.165) is 11.3 Å². The smallest absolute Gasteiger partial charge is 0.146 e. The number of aryl methyl sites for hydroxylation is 1. The minimum Gasteiger partial charge on any atom is -0.375 e. The number of halogens is 1. The van der Waals surface area contributed by atoms with Crippen LogP contribution in [0.3, 0.4) is 0 Å². The van der Waals surface area contributed by atoms with E-state index in [2.05, 4.69) is 15.3 Å². The number of hydrogen-bond acceptors (Lipinski definition) is 3. The van der Waals surface area contributed by atoms with Gasteiger partial charge < -0.3 is 5.32 Å². The third-order valence-corrected chi connectivity index (χ3v) is 2.52. The summed E-state index contributed by atoms with van der Waals surface area (Å²) < 4.78 is 13.6. The molecular formula is C13H14FN3. The molecule has 0 aliphatic carbocycles. The molecule has 1 N–H and O–H groups in total. The maximum Gasteiger partial charge on any atom is 0.146 e. The lowest BCUT2D eigenvalue weighted by atomic mass is 10.2. The van der Waals surface area contributed by atoms with E-state index in [9.17, 15) is 4.39 Å². The Morgan fingerprint density at radius 2 is 2.12 bits per heavy atom. The summed E-state index contributed by atoms with van der Waals surface area (Å²) in [6.07, 6.45) is 4.91. The van der Waals surface area contributed by atoms with E-state index in [1.54, 1.807) is 24.7 Å². The molecule has 4 heteroatoms. The van der Waals surface area contributed by atoms with Crippen LogP contribution in [0.25, 0.3) is 0 Å². The summed E-state index contributed by atoms with van der Waals surface area (Å²) in [5.41, 5.74) is 2.17. The first-order valence-corrected chi connectivity index (χ1v) is 5.45. The molecule has 88 valence electrons. The lowest BCUT2D eigenvalue weighted by Crippen LogP contribution is -2.09. The molecule has 1 heterocycles. The first-order valence-electron chi connectivity index (χ1n) is 5.45. The van der Waals surface area contributed by atoms with E-state index >= 15 is 0 Å². The zero-order chi connectivity index (χ0) is 12.3. The maximum atomic E-state index is 13.6. The predicted octanol–water partition coefficient (Wildman–Crippen LogP) is 3.10. The molecule has 1 aromatic carbocycles. The second kappa shape index (κ2) is 4.91. The molecule has 3 nitrogen and oxygen atoms in total. The third-order valence-electron chi connectivity index (χ3n) is 2.52. The van der Waals surface area contributed by atoms with Crippen molar-refractivity contribution in [2.24, 2.45) is 0 Å². The van der Waals surface area contributed by atoms with Crippen molar-refractivity contribution >= 4 is 5.69 Å². The molecule has 2 rings (SSSR count). The van der Waals surface area contributed by atoms with Crippen molar-refractivity contribution in [3.05, 3.63) is 53.9 Å². The zero-order valence-electron chi connectivity index (χ0n) is 9.81. The van der Waals surface area contributed by atoms with Crippen molar-refractivity contribution in [3.63, 3.8) is 0 Å². The van der Waals surface area contributed by atoms with Crippen LogP contribution in [0.15, 0.2) is 36.8 Å². The second-order valence-corrected chi connectivity index (χ2v) is 3.98. The van der Waals surface area contributed by atoms with E-state index in [1.165, 1.54) is 6.07 Å². The van der Waals surface area contributed by atoms with Crippen LogP contribution in [0.2, 0.25) is 0 Å². The van der Waals surface area contributed by atoms with Gasteiger partial charge in [0.15, 0.2) is 0 Å². The Bertz CT molecular complexity index is 499. The molecule has 0 fully saturated rings. The summed E-state index contributed by atoms with van der Waals surface area (Å²) in [6, 6.07) is 5.03. The van der Waals surface area contributed by atoms with Crippen LogP contribution < -0.4 is 5.32 Å². The van der Waals surface area contributed by atoms with Gasteiger partial charge in [-0.25, -0.2) is 4.39 Å². The van der Waals surface area contributed by atoms with Crippen molar-refractivity contribution < 1.29 is 4.39 Å². The van der Waals surface area contributed by atoms with Crippen LogP contribution in [-0.4, -0.2) is 9.97 Å². The fourth-order valence-corrected chi connectivity index (χ4v) is 1.58. The van der Waals surface area contributed by atoms with Gasteiger partial charge in [0.1, 0.15) is 5.82 Å². The van der Waals surface area contributed by atoms with Crippen LogP contribution in [0.4, 0.5) is 10.1 Å². The number of anilines is 1. The molecule has 0 aliphatic heterocycles. The van der Waals surface area contributed by atoms with E-state index < -0.39 is 0 Å². The van der Waals surface area contributed by atoms with Gasteiger partial charge in [-0.3, -0.25) is 9.97 Å². The Balaban J connectivity index is 2.16. The Morgan fingerprint density at radius 3 is 2.76 bits per heavy atom. The van der Waals surface area contributed by atoms with Gasteiger partial charge in [0.25, 0.3) is 0 Å². The minimum absolute atomic E-state index is 0.0825. The molecule has 0 radical (unpaired) electrons. The average molecular weight is 231 g/mol. The van der Waals surface area contributed by atoms with E-state index in [1.807, 2.05) is 19.9 Å². The van der Waals surface area contributed by atoms with Crippen molar-refractivity contribution in [1.29, 1.82) is 0 Å². The molecule has 0 amide bonds. The Labute approximate surface area is 99.7 Å². The van der Waals surface area contributed by atoms with Crippen molar-refractivity contribution in [2.45, 2.75) is 19.9 Å². The fraction of sp³-hybridized carbons (Fsp3) is 0.231. The lowest BCUT2D eigenvalue weighted by Gasteiger charge is -2.15. The molecule has 0 aliphatic rings. The topological polar surface area (TPSA) is 37.8 Å². The molecule has 0 spiro atoms. The second-order valence-electron chi connectivity index (χ2n) is 3.98. The van der Waals surface area contributed by atoms with Gasteiger partial charge in [-0.05, 0) is 31.5 Å². The SMILES string of the molecule is Cc1ccc(NC(C)c2cnccn2)c(F)c1. The summed E-state index contributed by atoms with van der Waals surface area (Å²) in [6.45, 7) is 3.78. The maximum absolute atomic E-state index is 13.6. The average Bonchev–Trinajstić information content (AvgIpc) is 2.34. The van der Waals surface area contributed by atoms with Gasteiger partial charge in [0.2, 0.25) is 0 Å². The van der Waals surface area contributed by atoms with Gasteiger partial charge in [0, 0.05) is 12.4 Å². The fourth-order valence-electron chi connectivity index (χ4n) is 1.58. The van der Waals surface area contributed by atoms with Crippen molar-refractivity contribution in [2.75, 3.05) is 5.32 Å². The van der Waals surface area contributed by atoms with Crippen molar-refractivity contribution in [3.8, 4) is 0 Å². The van der Waals surface area contributed by atoms with E-state index in [4.69, 9.17) is 0 Å². The molecule has 1 unspecified atom stereocenters. The Kier molecular flexibility index (Phi) is 3.32. The van der Waals surface area contributed by atoms with E-state index in [0.29, 0.717) is 5.69 Å². The largest absolute Gasteiger partial charge is 0.375 e. The lowest BCUT2D eigenvalue weighted by molar-refractivity contribution is 0.625. The summed E-state index contributed by atoms with van der Waals surface area (Å²) in [5, 5.41) is 3.08. The molecule has 2 aromatic rings. The third kappa shape index (κ3) is 2.78. The van der Waals surface area contributed by atoms with E-state index in [-0.39, 0.29) is 11.9 Å². The molecule has 0 saturated heterocycles. The number of benzene rings is 1. The highest BCUT2D eigenvalue weighted by atomic mass is 19.1. The first kappa shape index (κ1) is 11.5. The molecule has 1 aromatic heterocycles. The normalized spacial score (nSPS) is 12.2. The predicted molar refractivity (Wildman–Crippen MR) is 65.2 cm³/mol. The zero-order valence-corrected chi connectivity index (χ0v) is 9.81. The standard InChI is InChI=1S/C13H14FN3/c1-9-3-4-12(11(14)7-9)17-10(2)13-8-15-5-6-16-13/h3-8,10,17H,1-2H3. The quantitative estimate of drug-likeness (QED) is 0.882. The van der Waals surface area contributed by atoms with Gasteiger partial charge >= 0.3 is 0 Å². The number of hydrogen-bond donors (Lipinski definition) is 1. The van der Waals surface area contributed by atoms with Gasteiger partial charge in [-0.15, -0.1) is 0 Å². The number of nitrogens with one attached hydrogen (secondary N) is 1. The first-order chi connectivity index (χ1) is 8.16. The highest BCUT2D eigenvalue weighted by Gasteiger charge is 2.09. The van der Waals surface area contributed by atoms with Crippen molar-refractivity contribution in [1.82, 2.24) is 9.97 Å². The highest BCUT2D eigenvalue weighted by molar-refractivity contribution is 5.47. The van der Waals surface area contributed by atoms with Crippen LogP contribution in [0.5, 0.6) is 0 Å².